The second-order valence-corrected chi connectivity index (χ2v) is 19.4. The van der Waals surface area contributed by atoms with Crippen molar-refractivity contribution in [2.75, 3.05) is 45.3 Å². The van der Waals surface area contributed by atoms with Gasteiger partial charge in [-0.1, -0.05) is 20.8 Å². The Kier molecular flexibility index (Phi) is 19.0. The molecule has 4 saturated carbocycles. The molecule has 5 rings (SSSR count). The highest BCUT2D eigenvalue weighted by Gasteiger charge is 2.65. The van der Waals surface area contributed by atoms with Gasteiger partial charge in [-0.3, -0.25) is 28.8 Å². The molecule has 1 aromatic rings. The van der Waals surface area contributed by atoms with Gasteiger partial charge >= 0.3 is 11.9 Å². The van der Waals surface area contributed by atoms with Crippen molar-refractivity contribution in [2.45, 2.75) is 135 Å². The number of carbonyl (C=O) groups excluding carboxylic acids is 4. The van der Waals surface area contributed by atoms with Gasteiger partial charge in [0, 0.05) is 43.6 Å². The molecule has 0 heterocycles. The van der Waals surface area contributed by atoms with Crippen LogP contribution in [0.15, 0.2) is 24.3 Å². The van der Waals surface area contributed by atoms with Gasteiger partial charge in [0.1, 0.15) is 12.6 Å². The van der Waals surface area contributed by atoms with Gasteiger partial charge in [0.25, 0.3) is 5.91 Å². The van der Waals surface area contributed by atoms with Crippen LogP contribution in [0.3, 0.4) is 0 Å². The predicted molar refractivity (Wildman–Crippen MR) is 238 cm³/mol. The van der Waals surface area contributed by atoms with E-state index in [1.807, 2.05) is 0 Å². The van der Waals surface area contributed by atoms with Crippen LogP contribution in [0, 0.1) is 46.3 Å². The highest BCUT2D eigenvalue weighted by Crippen LogP contribution is 2.68. The van der Waals surface area contributed by atoms with Gasteiger partial charge < -0.3 is 51.6 Å². The van der Waals surface area contributed by atoms with Crippen LogP contribution in [-0.4, -0.2) is 120 Å². The van der Waals surface area contributed by atoms with Gasteiger partial charge in [-0.25, -0.2) is 10.3 Å². The van der Waals surface area contributed by atoms with Gasteiger partial charge in [0.2, 0.25) is 17.7 Å². The largest absolute Gasteiger partial charge is 0.481 e. The molecular formula is C47H73N5O13. The van der Waals surface area contributed by atoms with Gasteiger partial charge in [0.15, 0.2) is 0 Å². The number of amides is 4. The number of anilines is 1. The van der Waals surface area contributed by atoms with E-state index in [2.05, 4.69) is 42.2 Å². The number of unbranched alkanes of at least 4 members (excludes halogenated alkanes) is 1. The molecule has 4 fully saturated rings. The molecule has 18 nitrogen and oxygen atoms in total. The molecule has 12 atom stereocenters. The van der Waals surface area contributed by atoms with Crippen LogP contribution in [0.2, 0.25) is 0 Å². The molecule has 4 unspecified atom stereocenters. The van der Waals surface area contributed by atoms with E-state index < -0.39 is 42.0 Å². The van der Waals surface area contributed by atoms with E-state index in [-0.39, 0.29) is 123 Å². The van der Waals surface area contributed by atoms with Crippen molar-refractivity contribution in [3.63, 3.8) is 0 Å². The molecule has 0 spiro atoms. The van der Waals surface area contributed by atoms with E-state index in [1.54, 1.807) is 12.1 Å². The molecule has 4 amide bonds. The van der Waals surface area contributed by atoms with Crippen molar-refractivity contribution in [3.8, 4) is 0 Å². The molecule has 18 heteroatoms. The fourth-order valence-corrected chi connectivity index (χ4v) is 11.8. The third-order valence-corrected chi connectivity index (χ3v) is 15.4. The molecule has 0 bridgehead atoms. The second-order valence-electron chi connectivity index (χ2n) is 19.4. The lowest BCUT2D eigenvalue weighted by atomic mass is 9.43. The highest BCUT2D eigenvalue weighted by molar-refractivity contribution is 5.96. The molecule has 4 aliphatic rings. The van der Waals surface area contributed by atoms with E-state index in [0.717, 1.165) is 25.7 Å². The van der Waals surface area contributed by atoms with Crippen LogP contribution in [0.5, 0.6) is 0 Å². The molecule has 65 heavy (non-hydrogen) atoms. The number of carboxylic acids is 2. The molecule has 4 aliphatic carbocycles. The monoisotopic (exact) mass is 916 g/mol. The number of carboxylic acid groups (broad SMARTS) is 2. The molecule has 0 radical (unpaired) electrons. The van der Waals surface area contributed by atoms with Gasteiger partial charge in [-0.2, -0.15) is 0 Å². The number of nitrogens with one attached hydrogen (secondary N) is 4. The number of aliphatic carboxylic acids is 2. The number of hydroxylamine groups is 1. The fraction of sp³-hybridized carbons (Fsp3) is 0.745. The number of aliphatic hydroxyl groups excluding tert-OH is 2. The summed E-state index contributed by atoms with van der Waals surface area (Å²) in [5.74, 6) is -2.52. The van der Waals surface area contributed by atoms with Gasteiger partial charge in [-0.05, 0) is 141 Å². The molecule has 0 saturated heterocycles. The summed E-state index contributed by atoms with van der Waals surface area (Å²) >= 11 is 0. The van der Waals surface area contributed by atoms with Gasteiger partial charge in [0.05, 0.1) is 38.1 Å². The predicted octanol–water partition coefficient (Wildman–Crippen LogP) is 3.19. The van der Waals surface area contributed by atoms with Crippen molar-refractivity contribution in [3.05, 3.63) is 29.8 Å². The maximum absolute atomic E-state index is 12.6. The lowest BCUT2D eigenvalue weighted by Crippen LogP contribution is -2.62. The average molecular weight is 916 g/mol. The molecule has 0 aromatic heterocycles. The first-order valence-electron chi connectivity index (χ1n) is 23.5. The van der Waals surface area contributed by atoms with Crippen LogP contribution in [-0.2, 0) is 38.3 Å². The van der Waals surface area contributed by atoms with Crippen LogP contribution in [0.25, 0.3) is 0 Å². The number of nitrogen functional groups attached to an aromatic ring is 1. The molecule has 10 N–H and O–H groups in total. The van der Waals surface area contributed by atoms with Crippen LogP contribution >= 0.6 is 0 Å². The smallest absolute Gasteiger partial charge is 0.326 e. The quantitative estimate of drug-likeness (QED) is 0.0387. The Morgan fingerprint density at radius 2 is 1.51 bits per heavy atom. The summed E-state index contributed by atoms with van der Waals surface area (Å²) in [7, 11) is 0. The van der Waals surface area contributed by atoms with Gasteiger partial charge in [-0.15, -0.1) is 0 Å². The average Bonchev–Trinajstić information content (AvgIpc) is 3.63. The lowest BCUT2D eigenvalue weighted by molar-refractivity contribution is -0.212. The maximum Gasteiger partial charge on any atom is 0.326 e. The number of hydrogen-bond acceptors (Lipinski definition) is 12. The first-order valence-corrected chi connectivity index (χ1v) is 23.5. The lowest BCUT2D eigenvalue weighted by Gasteiger charge is -2.63. The Morgan fingerprint density at radius 1 is 0.800 bits per heavy atom. The number of carbonyl (C=O) groups is 6. The number of ether oxygens (including phenoxy) is 2. The van der Waals surface area contributed by atoms with E-state index >= 15 is 0 Å². The Labute approximate surface area is 381 Å². The summed E-state index contributed by atoms with van der Waals surface area (Å²) in [6.07, 6.45) is 5.92. The fourth-order valence-electron chi connectivity index (χ4n) is 11.8. The zero-order chi connectivity index (χ0) is 47.3. The molecule has 0 aliphatic heterocycles. The Bertz CT molecular complexity index is 1780. The molecular weight excluding hydrogens is 843 g/mol. The van der Waals surface area contributed by atoms with Crippen molar-refractivity contribution in [2.24, 2.45) is 46.3 Å². The number of hydrogen-bond donors (Lipinski definition) is 9. The summed E-state index contributed by atoms with van der Waals surface area (Å²) in [6.45, 7) is 7.52. The standard InChI is InChI=1S/C47H73N5O13/c1-28(7-16-42(58)59)33-12-13-34-43-35(26-38(54)47(33,34)3)46(2)18-17-32(24-30(46)25-37(43)53)65-52-40(56)15-14-39(55)50-20-21-63-22-23-64-27-41(57)49-19-5-4-6-36(45(61)62)51-44(60)29-8-10-31(48)11-9-29/h8-11,28,30,32-38,43,53-54H,4-7,12-27,48H2,1-3H3,(H,49,57)(H,50,55)(H,51,60)(H,52,56)(H,58,59)(H,61,62)/t28-,30+,32?,33-,34?,35?,36?,37-,38+,43+,46+,47-/m1/s1. The van der Waals surface area contributed by atoms with Crippen molar-refractivity contribution in [1.29, 1.82) is 0 Å². The summed E-state index contributed by atoms with van der Waals surface area (Å²) in [4.78, 5) is 78.2. The minimum atomic E-state index is -1.15. The normalized spacial score (nSPS) is 30.1. The molecule has 1 aromatic carbocycles. The minimum absolute atomic E-state index is 0.0309. The van der Waals surface area contributed by atoms with Crippen molar-refractivity contribution < 1.29 is 63.5 Å². The maximum atomic E-state index is 12.6. The van der Waals surface area contributed by atoms with E-state index in [4.69, 9.17) is 20.0 Å². The SMILES string of the molecule is C[C@H](CCC(=O)O)[C@H]1CCC2[C@H]3C(C[C@H](O)[C@@]21C)[C@@]1(C)CCC(ONC(=O)CCC(=O)NCCOCCOCC(=O)NCCCCC(NC(=O)c2ccc(N)cc2)C(=O)O)C[C@H]1C[C@H]3O. The summed E-state index contributed by atoms with van der Waals surface area (Å²) in [6, 6.07) is 5.08. The van der Waals surface area contributed by atoms with E-state index in [0.29, 0.717) is 56.3 Å². The summed E-state index contributed by atoms with van der Waals surface area (Å²) in [5.41, 5.74) is 8.52. The summed E-state index contributed by atoms with van der Waals surface area (Å²) < 4.78 is 10.8. The van der Waals surface area contributed by atoms with Crippen molar-refractivity contribution >= 4 is 41.3 Å². The third kappa shape index (κ3) is 13.6. The van der Waals surface area contributed by atoms with E-state index in [1.165, 1.54) is 12.1 Å². The van der Waals surface area contributed by atoms with Crippen LogP contribution < -0.4 is 27.2 Å². The first kappa shape index (κ1) is 51.6. The topological polar surface area (TPSA) is 285 Å². The third-order valence-electron chi connectivity index (χ3n) is 15.4. The number of benzene rings is 1. The number of rotatable bonds is 25. The zero-order valence-corrected chi connectivity index (χ0v) is 38.3. The van der Waals surface area contributed by atoms with Crippen molar-refractivity contribution in [1.82, 2.24) is 21.4 Å². The Morgan fingerprint density at radius 3 is 2.23 bits per heavy atom. The number of fused-ring (bicyclic) bond motifs is 5. The number of aliphatic hydroxyl groups is 2. The Balaban J connectivity index is 0.880. The second kappa shape index (κ2) is 23.9. The van der Waals surface area contributed by atoms with E-state index in [9.17, 15) is 49.2 Å². The molecule has 364 valence electrons. The van der Waals surface area contributed by atoms with Crippen LogP contribution in [0.4, 0.5) is 5.69 Å². The minimum Gasteiger partial charge on any atom is -0.481 e. The van der Waals surface area contributed by atoms with Crippen LogP contribution in [0.1, 0.15) is 121 Å². The first-order chi connectivity index (χ1) is 30.9. The highest BCUT2D eigenvalue weighted by atomic mass is 16.7. The Hall–Kier alpha value is -4.36. The number of nitrogens with two attached hydrogens (primary N) is 1. The summed E-state index contributed by atoms with van der Waals surface area (Å²) in [5, 5.41) is 50.2. The zero-order valence-electron chi connectivity index (χ0n) is 38.3.